The van der Waals surface area contributed by atoms with Crippen LogP contribution in [-0.4, -0.2) is 53.3 Å². The maximum atomic E-state index is 12.1. The Morgan fingerprint density at radius 3 is 2.26 bits per heavy atom. The van der Waals surface area contributed by atoms with Crippen LogP contribution in [0, 0.1) is 5.92 Å². The number of urea groups is 1. The molecule has 19 heavy (non-hydrogen) atoms. The fourth-order valence-electron chi connectivity index (χ4n) is 2.28. The Hall–Kier alpha value is -1.30. The van der Waals surface area contributed by atoms with Crippen molar-refractivity contribution in [2.24, 2.45) is 5.92 Å². The highest BCUT2D eigenvalue weighted by Gasteiger charge is 2.29. The van der Waals surface area contributed by atoms with Gasteiger partial charge in [-0.3, -0.25) is 0 Å². The highest BCUT2D eigenvalue weighted by atomic mass is 16.5. The van der Waals surface area contributed by atoms with Gasteiger partial charge >= 0.3 is 12.0 Å². The van der Waals surface area contributed by atoms with E-state index in [1.165, 1.54) is 0 Å². The average Bonchev–Trinajstić information content (AvgIpc) is 2.25. The zero-order chi connectivity index (χ0) is 14.6. The Bertz CT molecular complexity index is 323. The molecule has 0 spiro atoms. The van der Waals surface area contributed by atoms with Gasteiger partial charge in [-0.1, -0.05) is 13.8 Å². The molecule has 0 bridgehead atoms. The Kier molecular flexibility index (Phi) is 5.60. The molecule has 2 N–H and O–H groups in total. The van der Waals surface area contributed by atoms with Crippen molar-refractivity contribution >= 4 is 12.0 Å². The number of carbonyl (C=O) groups is 2. The minimum Gasteiger partial charge on any atom is -0.480 e. The Labute approximate surface area is 114 Å². The first kappa shape index (κ1) is 15.8. The van der Waals surface area contributed by atoms with E-state index in [9.17, 15) is 9.59 Å². The molecule has 1 rings (SSSR count). The molecule has 2 amide bonds. The summed E-state index contributed by atoms with van der Waals surface area (Å²) in [6.07, 6.45) is 0.377. The predicted octanol–water partition coefficient (Wildman–Crippen LogP) is 1.30. The molecule has 1 aliphatic rings. The largest absolute Gasteiger partial charge is 0.480 e. The number of ether oxygens (including phenoxy) is 1. The Balaban J connectivity index is 2.58. The topological polar surface area (TPSA) is 78.9 Å². The summed E-state index contributed by atoms with van der Waals surface area (Å²) >= 11 is 0. The normalized spacial score (nSPS) is 25.2. The molecule has 0 aliphatic carbocycles. The zero-order valence-electron chi connectivity index (χ0n) is 12.0. The molecule has 3 atom stereocenters. The fraction of sp³-hybridized carbons (Fsp3) is 0.846. The lowest BCUT2D eigenvalue weighted by molar-refractivity contribution is -0.139. The van der Waals surface area contributed by atoms with Crippen molar-refractivity contribution in [1.82, 2.24) is 10.2 Å². The molecular weight excluding hydrogens is 248 g/mol. The molecular formula is C13H24N2O4. The van der Waals surface area contributed by atoms with Crippen LogP contribution in [0.5, 0.6) is 0 Å². The minimum absolute atomic E-state index is 0.0251. The number of carboxylic acids is 1. The summed E-state index contributed by atoms with van der Waals surface area (Å²) in [6.45, 7) is 8.65. The number of hydrogen-bond donors (Lipinski definition) is 2. The predicted molar refractivity (Wildman–Crippen MR) is 71.0 cm³/mol. The average molecular weight is 272 g/mol. The number of amides is 2. The number of carboxylic acid groups (broad SMARTS) is 1. The lowest BCUT2D eigenvalue weighted by Crippen LogP contribution is -2.54. The van der Waals surface area contributed by atoms with E-state index in [0.717, 1.165) is 0 Å². The van der Waals surface area contributed by atoms with Crippen LogP contribution in [0.2, 0.25) is 0 Å². The lowest BCUT2D eigenvalue weighted by Gasteiger charge is -2.35. The van der Waals surface area contributed by atoms with Crippen LogP contribution in [0.4, 0.5) is 4.79 Å². The summed E-state index contributed by atoms with van der Waals surface area (Å²) in [7, 11) is 0. The van der Waals surface area contributed by atoms with Crippen molar-refractivity contribution < 1.29 is 19.4 Å². The third-order valence-corrected chi connectivity index (χ3v) is 3.01. The molecule has 0 unspecified atom stereocenters. The van der Waals surface area contributed by atoms with Gasteiger partial charge in [-0.15, -0.1) is 0 Å². The van der Waals surface area contributed by atoms with Crippen LogP contribution in [0.25, 0.3) is 0 Å². The van der Waals surface area contributed by atoms with E-state index in [1.54, 1.807) is 4.90 Å². The quantitative estimate of drug-likeness (QED) is 0.808. The van der Waals surface area contributed by atoms with Crippen molar-refractivity contribution in [3.63, 3.8) is 0 Å². The third kappa shape index (κ3) is 5.06. The number of morpholine rings is 1. The maximum Gasteiger partial charge on any atom is 0.326 e. The molecule has 0 saturated carbocycles. The van der Waals surface area contributed by atoms with E-state index in [4.69, 9.17) is 9.84 Å². The Morgan fingerprint density at radius 2 is 1.84 bits per heavy atom. The van der Waals surface area contributed by atoms with Crippen LogP contribution < -0.4 is 5.32 Å². The number of nitrogens with zero attached hydrogens (tertiary/aromatic N) is 1. The van der Waals surface area contributed by atoms with E-state index in [0.29, 0.717) is 19.5 Å². The molecule has 0 aromatic heterocycles. The number of aliphatic carboxylic acids is 1. The van der Waals surface area contributed by atoms with Gasteiger partial charge in [0.2, 0.25) is 0 Å². The van der Waals surface area contributed by atoms with Crippen molar-refractivity contribution in [3.05, 3.63) is 0 Å². The standard InChI is InChI=1S/C13H24N2O4/c1-8(2)5-11(12(16)17)14-13(18)15-6-9(3)19-10(4)7-15/h8-11H,5-7H2,1-4H3,(H,14,18)(H,16,17)/t9-,10+,11-/m1/s1. The summed E-state index contributed by atoms with van der Waals surface area (Å²) in [5.41, 5.74) is 0. The number of rotatable bonds is 4. The van der Waals surface area contributed by atoms with Crippen molar-refractivity contribution in [2.75, 3.05) is 13.1 Å². The van der Waals surface area contributed by atoms with Gasteiger partial charge in [0.25, 0.3) is 0 Å². The molecule has 0 aromatic carbocycles. The van der Waals surface area contributed by atoms with Crippen LogP contribution in [0.3, 0.4) is 0 Å². The first-order valence-corrected chi connectivity index (χ1v) is 6.73. The summed E-state index contributed by atoms with van der Waals surface area (Å²) in [5, 5.41) is 11.7. The van der Waals surface area contributed by atoms with E-state index in [1.807, 2.05) is 27.7 Å². The first-order chi connectivity index (χ1) is 8.79. The molecule has 6 heteroatoms. The highest BCUT2D eigenvalue weighted by Crippen LogP contribution is 2.12. The molecule has 1 heterocycles. The fourth-order valence-corrected chi connectivity index (χ4v) is 2.28. The molecule has 1 fully saturated rings. The molecule has 1 saturated heterocycles. The summed E-state index contributed by atoms with van der Waals surface area (Å²) in [5.74, 6) is -0.777. The lowest BCUT2D eigenvalue weighted by atomic mass is 10.0. The first-order valence-electron chi connectivity index (χ1n) is 6.73. The molecule has 110 valence electrons. The van der Waals surface area contributed by atoms with Gasteiger partial charge in [-0.05, 0) is 26.2 Å². The maximum absolute atomic E-state index is 12.1. The third-order valence-electron chi connectivity index (χ3n) is 3.01. The van der Waals surface area contributed by atoms with Crippen LogP contribution in [0.15, 0.2) is 0 Å². The van der Waals surface area contributed by atoms with Gasteiger partial charge in [0.1, 0.15) is 6.04 Å². The van der Waals surface area contributed by atoms with Crippen LogP contribution in [-0.2, 0) is 9.53 Å². The van der Waals surface area contributed by atoms with Gasteiger partial charge in [0.15, 0.2) is 0 Å². The minimum atomic E-state index is -0.989. The summed E-state index contributed by atoms with van der Waals surface area (Å²) in [4.78, 5) is 24.8. The molecule has 0 aromatic rings. The van der Waals surface area contributed by atoms with E-state index in [-0.39, 0.29) is 24.2 Å². The summed E-state index contributed by atoms with van der Waals surface area (Å²) < 4.78 is 5.55. The number of hydrogen-bond acceptors (Lipinski definition) is 3. The van der Waals surface area contributed by atoms with Gasteiger partial charge in [0.05, 0.1) is 12.2 Å². The molecule has 1 aliphatic heterocycles. The monoisotopic (exact) mass is 272 g/mol. The molecule has 0 radical (unpaired) electrons. The molecule has 6 nitrogen and oxygen atoms in total. The van der Waals surface area contributed by atoms with E-state index in [2.05, 4.69) is 5.32 Å². The second-order valence-corrected chi connectivity index (χ2v) is 5.63. The smallest absolute Gasteiger partial charge is 0.326 e. The van der Waals surface area contributed by atoms with Gasteiger partial charge in [-0.25, -0.2) is 9.59 Å². The van der Waals surface area contributed by atoms with E-state index < -0.39 is 12.0 Å². The Morgan fingerprint density at radius 1 is 1.32 bits per heavy atom. The highest BCUT2D eigenvalue weighted by molar-refractivity contribution is 5.82. The second kappa shape index (κ2) is 6.75. The SMILES string of the molecule is CC(C)C[C@@H](NC(=O)N1C[C@@H](C)O[C@@H](C)C1)C(=O)O. The van der Waals surface area contributed by atoms with E-state index >= 15 is 0 Å². The van der Waals surface area contributed by atoms with Crippen molar-refractivity contribution in [1.29, 1.82) is 0 Å². The second-order valence-electron chi connectivity index (χ2n) is 5.63. The van der Waals surface area contributed by atoms with Gasteiger partial charge < -0.3 is 20.1 Å². The van der Waals surface area contributed by atoms with Crippen molar-refractivity contribution in [3.8, 4) is 0 Å². The van der Waals surface area contributed by atoms with Gasteiger partial charge in [0, 0.05) is 13.1 Å². The van der Waals surface area contributed by atoms with Gasteiger partial charge in [-0.2, -0.15) is 0 Å². The zero-order valence-corrected chi connectivity index (χ0v) is 12.0. The van der Waals surface area contributed by atoms with Crippen LogP contribution in [0.1, 0.15) is 34.1 Å². The van der Waals surface area contributed by atoms with Crippen molar-refractivity contribution in [2.45, 2.75) is 52.4 Å². The van der Waals surface area contributed by atoms with Crippen LogP contribution >= 0.6 is 0 Å². The number of carbonyl (C=O) groups excluding carboxylic acids is 1. The number of nitrogens with one attached hydrogen (secondary N) is 1. The summed E-state index contributed by atoms with van der Waals surface area (Å²) in [6, 6.07) is -1.16.